The van der Waals surface area contributed by atoms with E-state index in [2.05, 4.69) is 11.8 Å². The average molecular weight is 247 g/mol. The van der Waals surface area contributed by atoms with Crippen molar-refractivity contribution in [3.05, 3.63) is 35.9 Å². The van der Waals surface area contributed by atoms with Crippen LogP contribution in [0.25, 0.3) is 0 Å². The first-order chi connectivity index (χ1) is 8.70. The van der Waals surface area contributed by atoms with Crippen molar-refractivity contribution in [2.45, 2.75) is 19.4 Å². The van der Waals surface area contributed by atoms with Crippen LogP contribution < -0.4 is 0 Å². The predicted molar refractivity (Wildman–Crippen MR) is 71.8 cm³/mol. The molecule has 2 rings (SSSR count). The summed E-state index contributed by atoms with van der Waals surface area (Å²) in [5.41, 5.74) is 0.796. The molecule has 0 radical (unpaired) electrons. The van der Waals surface area contributed by atoms with Crippen LogP contribution >= 0.6 is 0 Å². The van der Waals surface area contributed by atoms with Crippen molar-refractivity contribution < 1.29 is 9.53 Å². The maximum Gasteiger partial charge on any atom is 0.176 e. The van der Waals surface area contributed by atoms with Crippen LogP contribution in [0.2, 0.25) is 0 Å². The molecule has 0 aliphatic carbocycles. The smallest absolute Gasteiger partial charge is 0.176 e. The zero-order valence-corrected chi connectivity index (χ0v) is 11.1. The monoisotopic (exact) mass is 247 g/mol. The lowest BCUT2D eigenvalue weighted by atomic mass is 9.95. The summed E-state index contributed by atoms with van der Waals surface area (Å²) in [4.78, 5) is 14.3. The van der Waals surface area contributed by atoms with Gasteiger partial charge in [0.25, 0.3) is 0 Å². The van der Waals surface area contributed by atoms with Crippen molar-refractivity contribution in [1.29, 1.82) is 0 Å². The number of carbonyl (C=O) groups is 1. The molecule has 2 unspecified atom stereocenters. The van der Waals surface area contributed by atoms with Crippen molar-refractivity contribution in [2.24, 2.45) is 5.92 Å². The molecule has 2 atom stereocenters. The van der Waals surface area contributed by atoms with E-state index in [0.29, 0.717) is 12.5 Å². The Morgan fingerprint density at radius 1 is 1.39 bits per heavy atom. The maximum absolute atomic E-state index is 12.1. The molecule has 1 aliphatic heterocycles. The predicted octanol–water partition coefficient (Wildman–Crippen LogP) is 2.23. The van der Waals surface area contributed by atoms with E-state index < -0.39 is 0 Å². The standard InChI is InChI=1S/C15H21NO2/c1-12-8-9-16(11-15(12)18-2)10-14(17)13-6-4-3-5-7-13/h3-7,12,15H,8-11H2,1-2H3. The minimum atomic E-state index is 0.194. The van der Waals surface area contributed by atoms with E-state index in [4.69, 9.17) is 4.74 Å². The second kappa shape index (κ2) is 6.12. The van der Waals surface area contributed by atoms with Crippen molar-refractivity contribution in [2.75, 3.05) is 26.7 Å². The van der Waals surface area contributed by atoms with E-state index in [-0.39, 0.29) is 11.9 Å². The van der Waals surface area contributed by atoms with Crippen LogP contribution in [0, 0.1) is 5.92 Å². The second-order valence-corrected chi connectivity index (χ2v) is 5.06. The van der Waals surface area contributed by atoms with Crippen LogP contribution in [-0.4, -0.2) is 43.5 Å². The number of rotatable bonds is 4. The molecular weight excluding hydrogens is 226 g/mol. The Labute approximate surface area is 109 Å². The van der Waals surface area contributed by atoms with E-state index in [1.165, 1.54) is 0 Å². The molecule has 1 aromatic rings. The summed E-state index contributed by atoms with van der Waals surface area (Å²) in [7, 11) is 1.75. The minimum absolute atomic E-state index is 0.194. The molecule has 0 bridgehead atoms. The lowest BCUT2D eigenvalue weighted by Gasteiger charge is -2.35. The van der Waals surface area contributed by atoms with Crippen molar-refractivity contribution in [1.82, 2.24) is 4.90 Å². The summed E-state index contributed by atoms with van der Waals surface area (Å²) >= 11 is 0. The van der Waals surface area contributed by atoms with Gasteiger partial charge in [0.05, 0.1) is 12.6 Å². The zero-order chi connectivity index (χ0) is 13.0. The molecule has 1 heterocycles. The second-order valence-electron chi connectivity index (χ2n) is 5.06. The number of hydrogen-bond donors (Lipinski definition) is 0. The number of benzene rings is 1. The lowest BCUT2D eigenvalue weighted by molar-refractivity contribution is -0.00324. The Morgan fingerprint density at radius 3 is 2.78 bits per heavy atom. The summed E-state index contributed by atoms with van der Waals surface area (Å²) in [6.45, 7) is 4.55. The molecule has 18 heavy (non-hydrogen) atoms. The van der Waals surface area contributed by atoms with Crippen LogP contribution in [-0.2, 0) is 4.74 Å². The number of hydrogen-bond acceptors (Lipinski definition) is 3. The summed E-state index contributed by atoms with van der Waals surface area (Å²) in [5.74, 6) is 0.776. The molecule has 0 amide bonds. The highest BCUT2D eigenvalue weighted by Crippen LogP contribution is 2.19. The van der Waals surface area contributed by atoms with E-state index in [1.54, 1.807) is 7.11 Å². The summed E-state index contributed by atoms with van der Waals surface area (Å²) in [6.07, 6.45) is 1.35. The number of ether oxygens (including phenoxy) is 1. The highest BCUT2D eigenvalue weighted by atomic mass is 16.5. The Bertz CT molecular complexity index is 391. The van der Waals surface area contributed by atoms with E-state index >= 15 is 0 Å². The van der Waals surface area contributed by atoms with Gasteiger partial charge in [-0.15, -0.1) is 0 Å². The summed E-state index contributed by atoms with van der Waals surface area (Å²) in [5, 5.41) is 0. The van der Waals surface area contributed by atoms with E-state index in [1.807, 2.05) is 30.3 Å². The molecule has 1 saturated heterocycles. The van der Waals surface area contributed by atoms with Gasteiger partial charge >= 0.3 is 0 Å². The largest absolute Gasteiger partial charge is 0.380 e. The third kappa shape index (κ3) is 3.18. The molecule has 1 aromatic carbocycles. The Hall–Kier alpha value is -1.19. The normalized spacial score (nSPS) is 25.0. The number of Topliss-reactive ketones (excluding diaryl/α,β-unsaturated/α-hetero) is 1. The highest BCUT2D eigenvalue weighted by molar-refractivity contribution is 5.97. The third-order valence-corrected chi connectivity index (χ3v) is 3.74. The van der Waals surface area contributed by atoms with Crippen molar-refractivity contribution >= 4 is 5.78 Å². The third-order valence-electron chi connectivity index (χ3n) is 3.74. The maximum atomic E-state index is 12.1. The number of methoxy groups -OCH3 is 1. The van der Waals surface area contributed by atoms with Crippen molar-refractivity contribution in [3.63, 3.8) is 0 Å². The van der Waals surface area contributed by atoms with Crippen LogP contribution in [0.3, 0.4) is 0 Å². The lowest BCUT2D eigenvalue weighted by Crippen LogP contribution is -2.45. The van der Waals surface area contributed by atoms with Gasteiger partial charge in [-0.1, -0.05) is 37.3 Å². The molecular formula is C15H21NO2. The first-order valence-electron chi connectivity index (χ1n) is 6.54. The van der Waals surface area contributed by atoms with Gasteiger partial charge < -0.3 is 4.74 Å². The molecule has 0 saturated carbocycles. The average Bonchev–Trinajstić information content (AvgIpc) is 2.42. The summed E-state index contributed by atoms with van der Waals surface area (Å²) < 4.78 is 5.47. The Kier molecular flexibility index (Phi) is 4.50. The SMILES string of the molecule is COC1CN(CC(=O)c2ccccc2)CCC1C. The first kappa shape index (κ1) is 13.2. The van der Waals surface area contributed by atoms with Gasteiger partial charge in [0, 0.05) is 19.2 Å². The number of likely N-dealkylation sites (tertiary alicyclic amines) is 1. The minimum Gasteiger partial charge on any atom is -0.380 e. The summed E-state index contributed by atoms with van der Waals surface area (Å²) in [6, 6.07) is 9.50. The number of carbonyl (C=O) groups excluding carboxylic acids is 1. The molecule has 3 nitrogen and oxygen atoms in total. The van der Waals surface area contributed by atoms with Crippen molar-refractivity contribution in [3.8, 4) is 0 Å². The van der Waals surface area contributed by atoms with E-state index in [0.717, 1.165) is 25.1 Å². The fourth-order valence-corrected chi connectivity index (χ4v) is 2.47. The highest BCUT2D eigenvalue weighted by Gasteiger charge is 2.27. The molecule has 98 valence electrons. The van der Waals surface area contributed by atoms with Gasteiger partial charge in [-0.3, -0.25) is 9.69 Å². The number of piperidine rings is 1. The molecule has 1 fully saturated rings. The van der Waals surface area contributed by atoms with Gasteiger partial charge in [-0.2, -0.15) is 0 Å². The molecule has 3 heteroatoms. The fraction of sp³-hybridized carbons (Fsp3) is 0.533. The quantitative estimate of drug-likeness (QED) is 0.764. The zero-order valence-electron chi connectivity index (χ0n) is 11.1. The topological polar surface area (TPSA) is 29.5 Å². The van der Waals surface area contributed by atoms with Gasteiger partial charge in [-0.05, 0) is 18.9 Å². The van der Waals surface area contributed by atoms with E-state index in [9.17, 15) is 4.79 Å². The molecule has 0 spiro atoms. The van der Waals surface area contributed by atoms with Crippen LogP contribution in [0.1, 0.15) is 23.7 Å². The van der Waals surface area contributed by atoms with Gasteiger partial charge in [0.15, 0.2) is 5.78 Å². The van der Waals surface area contributed by atoms with Crippen LogP contribution in [0.4, 0.5) is 0 Å². The van der Waals surface area contributed by atoms with Crippen LogP contribution in [0.15, 0.2) is 30.3 Å². The molecule has 1 aliphatic rings. The fourth-order valence-electron chi connectivity index (χ4n) is 2.47. The Balaban J connectivity index is 1.92. The molecule has 0 N–H and O–H groups in total. The Morgan fingerprint density at radius 2 is 2.11 bits per heavy atom. The molecule has 0 aromatic heterocycles. The van der Waals surface area contributed by atoms with Gasteiger partial charge in [0.2, 0.25) is 0 Å². The van der Waals surface area contributed by atoms with Crippen LogP contribution in [0.5, 0.6) is 0 Å². The van der Waals surface area contributed by atoms with Gasteiger partial charge in [0.1, 0.15) is 0 Å². The number of nitrogens with zero attached hydrogens (tertiary/aromatic N) is 1. The first-order valence-corrected chi connectivity index (χ1v) is 6.54. The van der Waals surface area contributed by atoms with Gasteiger partial charge in [-0.25, -0.2) is 0 Å². The number of ketones is 1.